The summed E-state index contributed by atoms with van der Waals surface area (Å²) in [6, 6.07) is 7.86. The van der Waals surface area contributed by atoms with Crippen molar-refractivity contribution in [3.05, 3.63) is 62.3 Å². The number of benzene rings is 2. The van der Waals surface area contributed by atoms with Gasteiger partial charge in [0.2, 0.25) is 10.0 Å². The predicted molar refractivity (Wildman–Crippen MR) is 135 cm³/mol. The lowest BCUT2D eigenvalue weighted by Gasteiger charge is -2.36. The molecule has 2 aromatic rings. The molecule has 4 rings (SSSR count). The molecular formula is C24H26Cl3FN2O4S. The predicted octanol–water partition coefficient (Wildman–Crippen LogP) is 5.86. The van der Waals surface area contributed by atoms with Crippen molar-refractivity contribution in [1.29, 1.82) is 0 Å². The van der Waals surface area contributed by atoms with E-state index in [1.165, 1.54) is 0 Å². The fourth-order valence-electron chi connectivity index (χ4n) is 4.20. The fourth-order valence-corrected chi connectivity index (χ4v) is 6.25. The van der Waals surface area contributed by atoms with Crippen molar-refractivity contribution in [3.8, 4) is 5.75 Å². The second-order valence-corrected chi connectivity index (χ2v) is 12.3. The molecule has 2 aliphatic rings. The molecule has 1 amide bonds. The number of likely N-dealkylation sites (tertiary alicyclic amines) is 1. The van der Waals surface area contributed by atoms with Gasteiger partial charge in [-0.2, -0.15) is 0 Å². The zero-order valence-corrected chi connectivity index (χ0v) is 22.2. The molecule has 1 N–H and O–H groups in total. The van der Waals surface area contributed by atoms with Gasteiger partial charge in [0.25, 0.3) is 5.91 Å². The molecule has 6 nitrogen and oxygen atoms in total. The zero-order valence-electron chi connectivity index (χ0n) is 19.1. The Bertz CT molecular complexity index is 1200. The molecule has 0 bridgehead atoms. The van der Waals surface area contributed by atoms with Gasteiger partial charge >= 0.3 is 0 Å². The van der Waals surface area contributed by atoms with Crippen molar-refractivity contribution >= 4 is 50.7 Å². The van der Waals surface area contributed by atoms with Gasteiger partial charge in [-0.15, -0.1) is 0 Å². The van der Waals surface area contributed by atoms with Gasteiger partial charge in [0, 0.05) is 22.2 Å². The van der Waals surface area contributed by atoms with E-state index in [9.17, 15) is 17.6 Å². The summed E-state index contributed by atoms with van der Waals surface area (Å²) in [5, 5.41) is 0.675. The van der Waals surface area contributed by atoms with Crippen LogP contribution < -0.4 is 9.46 Å². The maximum absolute atomic E-state index is 14.6. The quantitative estimate of drug-likeness (QED) is 0.435. The van der Waals surface area contributed by atoms with Crippen molar-refractivity contribution in [1.82, 2.24) is 9.62 Å². The second-order valence-electron chi connectivity index (χ2n) is 9.11. The number of halogens is 4. The normalized spacial score (nSPS) is 18.3. The summed E-state index contributed by atoms with van der Waals surface area (Å²) >= 11 is 18.5. The lowest BCUT2D eigenvalue weighted by molar-refractivity contribution is 0.0977. The minimum Gasteiger partial charge on any atom is -0.492 e. The summed E-state index contributed by atoms with van der Waals surface area (Å²) in [6.07, 6.45) is 2.76. The van der Waals surface area contributed by atoms with Crippen molar-refractivity contribution in [2.45, 2.75) is 43.9 Å². The molecule has 0 unspecified atom stereocenters. The van der Waals surface area contributed by atoms with Crippen LogP contribution in [0.3, 0.4) is 0 Å². The third-order valence-electron chi connectivity index (χ3n) is 6.50. The number of rotatable bonds is 8. The van der Waals surface area contributed by atoms with Gasteiger partial charge < -0.3 is 4.74 Å². The lowest BCUT2D eigenvalue weighted by Crippen LogP contribution is -2.37. The summed E-state index contributed by atoms with van der Waals surface area (Å²) in [6.45, 7) is 4.19. The second kappa shape index (κ2) is 10.8. The molecule has 2 aromatic carbocycles. The van der Waals surface area contributed by atoms with Crippen molar-refractivity contribution in [2.24, 2.45) is 5.92 Å². The van der Waals surface area contributed by atoms with Crippen LogP contribution in [0.15, 0.2) is 30.3 Å². The molecule has 11 heteroatoms. The van der Waals surface area contributed by atoms with Crippen LogP contribution in [-0.4, -0.2) is 44.2 Å². The average molecular weight is 564 g/mol. The van der Waals surface area contributed by atoms with Gasteiger partial charge in [0.15, 0.2) is 0 Å². The zero-order chi connectivity index (χ0) is 25.3. The van der Waals surface area contributed by atoms with Crippen molar-refractivity contribution in [3.63, 3.8) is 0 Å². The Labute approximate surface area is 219 Å². The third-order valence-corrected chi connectivity index (χ3v) is 9.05. The van der Waals surface area contributed by atoms with Crippen molar-refractivity contribution < 1.29 is 22.3 Å². The number of amides is 1. The molecule has 0 spiro atoms. The highest BCUT2D eigenvalue weighted by Gasteiger charge is 2.37. The molecule has 0 radical (unpaired) electrons. The number of hydrogen-bond donors (Lipinski definition) is 1. The van der Waals surface area contributed by atoms with Crippen LogP contribution in [-0.2, 0) is 10.0 Å². The van der Waals surface area contributed by atoms with Gasteiger partial charge in [-0.3, -0.25) is 9.69 Å². The monoisotopic (exact) mass is 562 g/mol. The minimum absolute atomic E-state index is 0.0456. The minimum atomic E-state index is -3.79. The molecule has 1 saturated carbocycles. The standard InChI is InChI=1S/C24H26Cl3FN2O4S/c1-14(16-8-17(25)10-18(26)9-16)30-6-4-15(5-7-30)13-34-23-12-22(28)20(11-21(23)27)24(31)29-35(32,33)19-2-3-19/h8-12,14-15,19H,2-7,13H2,1H3,(H,29,31)/t14-/m0/s1. The number of piperidine rings is 1. The highest BCUT2D eigenvalue weighted by molar-refractivity contribution is 7.91. The van der Waals surface area contributed by atoms with E-state index in [0.717, 1.165) is 43.6 Å². The first-order valence-electron chi connectivity index (χ1n) is 11.4. The first kappa shape index (κ1) is 26.5. The van der Waals surface area contributed by atoms with E-state index in [2.05, 4.69) is 11.8 Å². The molecular weight excluding hydrogens is 538 g/mol. The summed E-state index contributed by atoms with van der Waals surface area (Å²) in [7, 11) is -3.79. The Morgan fingerprint density at radius 2 is 1.71 bits per heavy atom. The van der Waals surface area contributed by atoms with Crippen LogP contribution in [0.2, 0.25) is 15.1 Å². The van der Waals surface area contributed by atoms with Crippen LogP contribution in [0.5, 0.6) is 5.75 Å². The number of ether oxygens (including phenoxy) is 1. The molecule has 1 aliphatic heterocycles. The molecule has 190 valence electrons. The number of nitrogens with zero attached hydrogens (tertiary/aromatic N) is 1. The van der Waals surface area contributed by atoms with E-state index in [1.807, 2.05) is 16.9 Å². The van der Waals surface area contributed by atoms with Crippen LogP contribution >= 0.6 is 34.8 Å². The van der Waals surface area contributed by atoms with E-state index >= 15 is 0 Å². The molecule has 2 fully saturated rings. The van der Waals surface area contributed by atoms with E-state index in [1.54, 1.807) is 6.07 Å². The van der Waals surface area contributed by atoms with Crippen LogP contribution in [0.1, 0.15) is 54.6 Å². The van der Waals surface area contributed by atoms with Crippen molar-refractivity contribution in [2.75, 3.05) is 19.7 Å². The molecule has 1 saturated heterocycles. The van der Waals surface area contributed by atoms with Gasteiger partial charge in [0.1, 0.15) is 11.6 Å². The lowest BCUT2D eigenvalue weighted by atomic mass is 9.95. The van der Waals surface area contributed by atoms with Gasteiger partial charge in [-0.25, -0.2) is 17.5 Å². The summed E-state index contributed by atoms with van der Waals surface area (Å²) < 4.78 is 46.2. The number of carbonyl (C=O) groups excluding carboxylic acids is 1. The SMILES string of the molecule is C[C@@H](c1cc(Cl)cc(Cl)c1)N1CCC(COc2cc(F)c(C(=O)NS(=O)(=O)C3CC3)cc2Cl)CC1. The first-order valence-corrected chi connectivity index (χ1v) is 14.1. The van der Waals surface area contributed by atoms with Gasteiger partial charge in [-0.1, -0.05) is 34.8 Å². The topological polar surface area (TPSA) is 75.7 Å². The van der Waals surface area contributed by atoms with Crippen LogP contribution in [0.25, 0.3) is 0 Å². The van der Waals surface area contributed by atoms with E-state index < -0.39 is 32.6 Å². The smallest absolute Gasteiger partial charge is 0.267 e. The summed E-state index contributed by atoms with van der Waals surface area (Å²) in [4.78, 5) is 14.6. The average Bonchev–Trinajstić information content (AvgIpc) is 3.64. The van der Waals surface area contributed by atoms with Gasteiger partial charge in [0.05, 0.1) is 22.4 Å². The molecule has 1 atom stereocenters. The Kier molecular flexibility index (Phi) is 8.18. The van der Waals surface area contributed by atoms with E-state index in [-0.39, 0.29) is 22.7 Å². The number of hydrogen-bond acceptors (Lipinski definition) is 5. The summed E-state index contributed by atoms with van der Waals surface area (Å²) in [5.74, 6) is -1.55. The van der Waals surface area contributed by atoms with Crippen LogP contribution in [0.4, 0.5) is 4.39 Å². The number of sulfonamides is 1. The van der Waals surface area contributed by atoms with E-state index in [0.29, 0.717) is 29.5 Å². The fraction of sp³-hybridized carbons (Fsp3) is 0.458. The molecule has 35 heavy (non-hydrogen) atoms. The molecule has 1 heterocycles. The third kappa shape index (κ3) is 6.60. The highest BCUT2D eigenvalue weighted by Crippen LogP contribution is 2.33. The molecule has 0 aromatic heterocycles. The largest absolute Gasteiger partial charge is 0.492 e. The van der Waals surface area contributed by atoms with E-state index in [4.69, 9.17) is 39.5 Å². The first-order chi connectivity index (χ1) is 16.5. The van der Waals surface area contributed by atoms with Crippen LogP contribution in [0, 0.1) is 11.7 Å². The summed E-state index contributed by atoms with van der Waals surface area (Å²) in [5.41, 5.74) is 0.628. The Hall–Kier alpha value is -1.58. The maximum Gasteiger partial charge on any atom is 0.267 e. The Balaban J connectivity index is 1.31. The Morgan fingerprint density at radius 1 is 1.09 bits per heavy atom. The Morgan fingerprint density at radius 3 is 2.31 bits per heavy atom. The number of nitrogens with one attached hydrogen (secondary N) is 1. The van der Waals surface area contributed by atoms with Gasteiger partial charge in [-0.05, 0) is 81.4 Å². The highest BCUT2D eigenvalue weighted by atomic mass is 35.5. The maximum atomic E-state index is 14.6. The molecule has 1 aliphatic carbocycles. The number of carbonyl (C=O) groups is 1.